The van der Waals surface area contributed by atoms with Crippen molar-refractivity contribution in [2.45, 2.75) is 53.4 Å². The lowest BCUT2D eigenvalue weighted by Crippen LogP contribution is -2.08. The second-order valence-electron chi connectivity index (χ2n) is 9.30. The number of hydrogen-bond acceptors (Lipinski definition) is 7. The molecule has 0 aliphatic carbocycles. The number of phenolic OH excluding ortho intramolecular Hbond substituents is 3. The molecule has 0 unspecified atom stereocenters. The standard InChI is InChI=1S/C29H34O7/c1-16(2)7-6-8-17(3)9-12-20-25-24(14-23(33)28(20)35-5)36-29-19(11-10-18(4)15-30)21(31)13-22(32)26(29)27(25)34/h7,9-10,13-14,30-33H,6,8,11-12,15H2,1-5H3/b17-9+,18-10+. The number of aliphatic hydroxyl groups excluding tert-OH is 1. The maximum atomic E-state index is 13.7. The van der Waals surface area contributed by atoms with Crippen molar-refractivity contribution in [1.82, 2.24) is 0 Å². The summed E-state index contributed by atoms with van der Waals surface area (Å²) < 4.78 is 11.5. The minimum absolute atomic E-state index is 0.0240. The van der Waals surface area contributed by atoms with E-state index in [2.05, 4.69) is 19.9 Å². The van der Waals surface area contributed by atoms with Crippen LogP contribution < -0.4 is 10.2 Å². The van der Waals surface area contributed by atoms with E-state index in [0.717, 1.165) is 24.5 Å². The molecule has 192 valence electrons. The number of allylic oxidation sites excluding steroid dienone is 5. The Hall–Kier alpha value is -3.71. The number of fused-ring (bicyclic) bond motifs is 2. The number of rotatable bonds is 9. The number of hydrogen-bond donors (Lipinski definition) is 4. The molecule has 1 heterocycles. The van der Waals surface area contributed by atoms with E-state index < -0.39 is 11.2 Å². The van der Waals surface area contributed by atoms with E-state index in [1.54, 1.807) is 13.0 Å². The number of methoxy groups -OCH3 is 1. The van der Waals surface area contributed by atoms with Gasteiger partial charge in [0, 0.05) is 23.3 Å². The zero-order valence-corrected chi connectivity index (χ0v) is 21.4. The van der Waals surface area contributed by atoms with E-state index in [-0.39, 0.29) is 52.2 Å². The van der Waals surface area contributed by atoms with Crippen LogP contribution in [0.3, 0.4) is 0 Å². The van der Waals surface area contributed by atoms with Gasteiger partial charge in [-0.25, -0.2) is 0 Å². The summed E-state index contributed by atoms with van der Waals surface area (Å²) in [6, 6.07) is 2.43. The summed E-state index contributed by atoms with van der Waals surface area (Å²) in [5, 5.41) is 41.2. The summed E-state index contributed by atoms with van der Waals surface area (Å²) in [6.07, 6.45) is 8.10. The van der Waals surface area contributed by atoms with Gasteiger partial charge in [0.1, 0.15) is 28.1 Å². The molecule has 0 saturated carbocycles. The van der Waals surface area contributed by atoms with Gasteiger partial charge in [0.15, 0.2) is 11.5 Å². The monoisotopic (exact) mass is 494 g/mol. The van der Waals surface area contributed by atoms with Crippen LogP contribution in [0.15, 0.2) is 56.3 Å². The summed E-state index contributed by atoms with van der Waals surface area (Å²) >= 11 is 0. The molecule has 0 aliphatic heterocycles. The Balaban J connectivity index is 2.26. The molecule has 0 fully saturated rings. The largest absolute Gasteiger partial charge is 0.507 e. The smallest absolute Gasteiger partial charge is 0.204 e. The molecule has 0 spiro atoms. The van der Waals surface area contributed by atoms with Crippen molar-refractivity contribution in [3.05, 3.63) is 68.4 Å². The SMILES string of the molecule is COc1c(O)cc2oc3c(C/C=C(\C)CO)c(O)cc(O)c3c(=O)c2c1C/C=C(\C)CCC=C(C)C. The van der Waals surface area contributed by atoms with Crippen molar-refractivity contribution < 1.29 is 29.6 Å². The number of aliphatic hydroxyl groups is 1. The maximum absolute atomic E-state index is 13.7. The van der Waals surface area contributed by atoms with Crippen molar-refractivity contribution in [2.75, 3.05) is 13.7 Å². The second kappa shape index (κ2) is 11.4. The predicted octanol–water partition coefficient (Wildman–Crippen LogP) is 5.79. The fourth-order valence-electron chi connectivity index (χ4n) is 4.18. The first-order valence-electron chi connectivity index (χ1n) is 11.9. The average Bonchev–Trinajstić information content (AvgIpc) is 2.81. The fraction of sp³-hybridized carbons (Fsp3) is 0.345. The van der Waals surface area contributed by atoms with Crippen LogP contribution in [0.5, 0.6) is 23.0 Å². The molecule has 2 aromatic carbocycles. The number of ether oxygens (including phenoxy) is 1. The van der Waals surface area contributed by atoms with Gasteiger partial charge in [0.05, 0.1) is 19.1 Å². The molecule has 3 aromatic rings. The molecule has 7 heteroatoms. The third kappa shape index (κ3) is 5.57. The van der Waals surface area contributed by atoms with Crippen LogP contribution in [0.1, 0.15) is 51.7 Å². The highest BCUT2D eigenvalue weighted by Crippen LogP contribution is 2.40. The van der Waals surface area contributed by atoms with Gasteiger partial charge in [-0.05, 0) is 53.4 Å². The Kier molecular flexibility index (Phi) is 8.48. The van der Waals surface area contributed by atoms with Crippen molar-refractivity contribution in [2.24, 2.45) is 0 Å². The molecule has 0 atom stereocenters. The quantitative estimate of drug-likeness (QED) is 0.220. The third-order valence-corrected chi connectivity index (χ3v) is 6.18. The van der Waals surface area contributed by atoms with E-state index in [4.69, 9.17) is 9.15 Å². The van der Waals surface area contributed by atoms with Gasteiger partial charge in [-0.1, -0.05) is 34.9 Å². The highest BCUT2D eigenvalue weighted by molar-refractivity contribution is 5.98. The Labute approximate surface area is 210 Å². The van der Waals surface area contributed by atoms with Crippen LogP contribution >= 0.6 is 0 Å². The summed E-state index contributed by atoms with van der Waals surface area (Å²) in [7, 11) is 1.42. The molecule has 0 aliphatic rings. The van der Waals surface area contributed by atoms with Gasteiger partial charge >= 0.3 is 0 Å². The van der Waals surface area contributed by atoms with E-state index in [1.807, 2.05) is 13.0 Å². The molecule has 0 bridgehead atoms. The van der Waals surface area contributed by atoms with Crippen molar-refractivity contribution >= 4 is 21.9 Å². The van der Waals surface area contributed by atoms with Gasteiger partial charge < -0.3 is 29.6 Å². The van der Waals surface area contributed by atoms with Crippen molar-refractivity contribution in [1.29, 1.82) is 0 Å². The predicted molar refractivity (Wildman–Crippen MR) is 142 cm³/mol. The van der Waals surface area contributed by atoms with Crippen LogP contribution in [0.4, 0.5) is 0 Å². The highest BCUT2D eigenvalue weighted by atomic mass is 16.5. The van der Waals surface area contributed by atoms with Gasteiger partial charge in [-0.15, -0.1) is 0 Å². The second-order valence-corrected chi connectivity index (χ2v) is 9.30. The molecular formula is C29H34O7. The van der Waals surface area contributed by atoms with Crippen LogP contribution in [0, 0.1) is 0 Å². The van der Waals surface area contributed by atoms with E-state index >= 15 is 0 Å². The number of aromatic hydroxyl groups is 3. The van der Waals surface area contributed by atoms with Crippen LogP contribution in [0.25, 0.3) is 21.9 Å². The highest BCUT2D eigenvalue weighted by Gasteiger charge is 2.23. The van der Waals surface area contributed by atoms with Crippen LogP contribution in [-0.4, -0.2) is 34.1 Å². The van der Waals surface area contributed by atoms with E-state index in [9.17, 15) is 25.2 Å². The molecule has 4 N–H and O–H groups in total. The Morgan fingerprint density at radius 3 is 2.19 bits per heavy atom. The third-order valence-electron chi connectivity index (χ3n) is 6.18. The topological polar surface area (TPSA) is 120 Å². The van der Waals surface area contributed by atoms with Crippen LogP contribution in [-0.2, 0) is 12.8 Å². The van der Waals surface area contributed by atoms with Crippen molar-refractivity contribution in [3.8, 4) is 23.0 Å². The Morgan fingerprint density at radius 1 is 0.889 bits per heavy atom. The van der Waals surface area contributed by atoms with Gasteiger partial charge in [0.2, 0.25) is 5.43 Å². The molecule has 0 saturated heterocycles. The number of phenols is 3. The van der Waals surface area contributed by atoms with Gasteiger partial charge in [0.25, 0.3) is 0 Å². The molecular weight excluding hydrogens is 460 g/mol. The summed E-state index contributed by atoms with van der Waals surface area (Å²) in [4.78, 5) is 13.7. The zero-order chi connectivity index (χ0) is 26.6. The molecule has 7 nitrogen and oxygen atoms in total. The first-order chi connectivity index (χ1) is 17.1. The summed E-state index contributed by atoms with van der Waals surface area (Å²) in [5.74, 6) is -0.656. The molecule has 1 aromatic heterocycles. The molecule has 36 heavy (non-hydrogen) atoms. The lowest BCUT2D eigenvalue weighted by Gasteiger charge is -2.15. The van der Waals surface area contributed by atoms with Crippen LogP contribution in [0.2, 0.25) is 0 Å². The lowest BCUT2D eigenvalue weighted by molar-refractivity contribution is 0.331. The summed E-state index contributed by atoms with van der Waals surface area (Å²) in [5.41, 5.74) is 3.45. The van der Waals surface area contributed by atoms with E-state index in [1.165, 1.54) is 18.7 Å². The first kappa shape index (κ1) is 26.9. The molecule has 3 rings (SSSR count). The maximum Gasteiger partial charge on any atom is 0.204 e. The minimum Gasteiger partial charge on any atom is -0.507 e. The summed E-state index contributed by atoms with van der Waals surface area (Å²) in [6.45, 7) is 7.70. The Bertz CT molecular complexity index is 1430. The zero-order valence-electron chi connectivity index (χ0n) is 21.4. The van der Waals surface area contributed by atoms with Crippen molar-refractivity contribution in [3.63, 3.8) is 0 Å². The molecule has 0 radical (unpaired) electrons. The first-order valence-corrected chi connectivity index (χ1v) is 11.9. The normalized spacial score (nSPS) is 12.4. The Morgan fingerprint density at radius 2 is 1.56 bits per heavy atom. The van der Waals surface area contributed by atoms with E-state index in [0.29, 0.717) is 23.1 Å². The fourth-order valence-corrected chi connectivity index (χ4v) is 4.18. The molecule has 0 amide bonds. The lowest BCUT2D eigenvalue weighted by atomic mass is 9.98. The van der Waals surface area contributed by atoms with Gasteiger partial charge in [-0.3, -0.25) is 4.79 Å². The van der Waals surface area contributed by atoms with Gasteiger partial charge in [-0.2, -0.15) is 0 Å². The minimum atomic E-state index is -0.489. The average molecular weight is 495 g/mol. The number of benzene rings is 2.